The second kappa shape index (κ2) is 4.34. The van der Waals surface area contributed by atoms with Gasteiger partial charge in [0.1, 0.15) is 0 Å². The SMILES string of the molecule is CNC(=O)CCNC1CCC1. The van der Waals surface area contributed by atoms with Crippen molar-refractivity contribution in [3.05, 3.63) is 0 Å². The number of hydrogen-bond acceptors (Lipinski definition) is 2. The summed E-state index contributed by atoms with van der Waals surface area (Å²) in [5, 5.41) is 5.92. The summed E-state index contributed by atoms with van der Waals surface area (Å²) in [4.78, 5) is 10.7. The molecule has 0 bridgehead atoms. The van der Waals surface area contributed by atoms with Crippen molar-refractivity contribution in [2.45, 2.75) is 31.7 Å². The summed E-state index contributed by atoms with van der Waals surface area (Å²) in [7, 11) is 1.67. The molecule has 1 saturated carbocycles. The highest BCUT2D eigenvalue weighted by atomic mass is 16.1. The average molecular weight is 156 g/mol. The number of carbonyl (C=O) groups is 1. The zero-order chi connectivity index (χ0) is 8.10. The van der Waals surface area contributed by atoms with Crippen molar-refractivity contribution in [2.24, 2.45) is 0 Å². The molecule has 0 spiro atoms. The van der Waals surface area contributed by atoms with Crippen LogP contribution < -0.4 is 10.6 Å². The number of amides is 1. The standard InChI is InChI=1S/C8H16N2O/c1-9-8(11)5-6-10-7-3-2-4-7/h7,10H,2-6H2,1H3,(H,9,11). The first-order valence-electron chi connectivity index (χ1n) is 4.27. The van der Waals surface area contributed by atoms with Crippen LogP contribution in [0.5, 0.6) is 0 Å². The van der Waals surface area contributed by atoms with Crippen LogP contribution in [0.15, 0.2) is 0 Å². The molecule has 1 fully saturated rings. The molecule has 0 heterocycles. The Morgan fingerprint density at radius 2 is 2.27 bits per heavy atom. The van der Waals surface area contributed by atoms with E-state index in [1.54, 1.807) is 7.05 Å². The summed E-state index contributed by atoms with van der Waals surface area (Å²) >= 11 is 0. The van der Waals surface area contributed by atoms with Crippen molar-refractivity contribution in [2.75, 3.05) is 13.6 Å². The summed E-state index contributed by atoms with van der Waals surface area (Å²) in [5.74, 6) is 0.122. The zero-order valence-corrected chi connectivity index (χ0v) is 7.02. The molecule has 1 rings (SSSR count). The Balaban J connectivity index is 1.90. The predicted octanol–water partition coefficient (Wildman–Crippen LogP) is 0.265. The van der Waals surface area contributed by atoms with E-state index in [0.29, 0.717) is 12.5 Å². The molecule has 0 saturated heterocycles. The Morgan fingerprint density at radius 1 is 1.55 bits per heavy atom. The van der Waals surface area contributed by atoms with E-state index >= 15 is 0 Å². The van der Waals surface area contributed by atoms with Crippen LogP contribution in [0.3, 0.4) is 0 Å². The van der Waals surface area contributed by atoms with E-state index in [4.69, 9.17) is 0 Å². The predicted molar refractivity (Wildman–Crippen MR) is 44.3 cm³/mol. The number of hydrogen-bond donors (Lipinski definition) is 2. The third-order valence-electron chi connectivity index (χ3n) is 2.17. The maximum Gasteiger partial charge on any atom is 0.221 e. The summed E-state index contributed by atoms with van der Waals surface area (Å²) < 4.78 is 0. The van der Waals surface area contributed by atoms with Gasteiger partial charge in [-0.15, -0.1) is 0 Å². The molecule has 0 aromatic heterocycles. The van der Waals surface area contributed by atoms with Crippen LogP contribution in [0.4, 0.5) is 0 Å². The van der Waals surface area contributed by atoms with Gasteiger partial charge < -0.3 is 10.6 Å². The molecule has 1 aliphatic carbocycles. The maximum atomic E-state index is 10.7. The Labute approximate surface area is 67.5 Å². The minimum atomic E-state index is 0.122. The molecule has 1 aliphatic rings. The molecule has 3 nitrogen and oxygen atoms in total. The largest absolute Gasteiger partial charge is 0.359 e. The van der Waals surface area contributed by atoms with Gasteiger partial charge in [-0.05, 0) is 12.8 Å². The van der Waals surface area contributed by atoms with Crippen LogP contribution in [0.25, 0.3) is 0 Å². The Kier molecular flexibility index (Phi) is 3.36. The lowest BCUT2D eigenvalue weighted by Crippen LogP contribution is -2.37. The fourth-order valence-electron chi connectivity index (χ4n) is 1.13. The van der Waals surface area contributed by atoms with Gasteiger partial charge >= 0.3 is 0 Å². The Hall–Kier alpha value is -0.570. The lowest BCUT2D eigenvalue weighted by Gasteiger charge is -2.26. The van der Waals surface area contributed by atoms with Crippen molar-refractivity contribution in [3.8, 4) is 0 Å². The van der Waals surface area contributed by atoms with Gasteiger partial charge in [-0.25, -0.2) is 0 Å². The number of rotatable bonds is 4. The lowest BCUT2D eigenvalue weighted by atomic mass is 9.93. The summed E-state index contributed by atoms with van der Waals surface area (Å²) in [6.07, 6.45) is 4.52. The smallest absolute Gasteiger partial charge is 0.221 e. The fourth-order valence-corrected chi connectivity index (χ4v) is 1.13. The Morgan fingerprint density at radius 3 is 2.73 bits per heavy atom. The summed E-state index contributed by atoms with van der Waals surface area (Å²) in [6, 6.07) is 0.694. The van der Waals surface area contributed by atoms with Crippen molar-refractivity contribution in [1.82, 2.24) is 10.6 Å². The molecule has 0 aliphatic heterocycles. The maximum absolute atomic E-state index is 10.7. The van der Waals surface area contributed by atoms with Crippen LogP contribution in [-0.4, -0.2) is 25.5 Å². The Bertz CT molecular complexity index is 132. The van der Waals surface area contributed by atoms with Gasteiger partial charge in [-0.2, -0.15) is 0 Å². The minimum Gasteiger partial charge on any atom is -0.359 e. The van der Waals surface area contributed by atoms with Crippen LogP contribution in [0, 0.1) is 0 Å². The molecule has 0 radical (unpaired) electrons. The fraction of sp³-hybridized carbons (Fsp3) is 0.875. The topological polar surface area (TPSA) is 41.1 Å². The van der Waals surface area contributed by atoms with Crippen LogP contribution >= 0.6 is 0 Å². The molecular weight excluding hydrogens is 140 g/mol. The van der Waals surface area contributed by atoms with E-state index in [2.05, 4.69) is 10.6 Å². The molecule has 3 heteroatoms. The number of carbonyl (C=O) groups excluding carboxylic acids is 1. The van der Waals surface area contributed by atoms with Gasteiger partial charge in [0.15, 0.2) is 0 Å². The first-order chi connectivity index (χ1) is 5.33. The van der Waals surface area contributed by atoms with Crippen LogP contribution in [-0.2, 0) is 4.79 Å². The van der Waals surface area contributed by atoms with E-state index in [0.717, 1.165) is 6.54 Å². The lowest BCUT2D eigenvalue weighted by molar-refractivity contribution is -0.120. The molecule has 11 heavy (non-hydrogen) atoms. The van der Waals surface area contributed by atoms with Crippen molar-refractivity contribution in [1.29, 1.82) is 0 Å². The third-order valence-corrected chi connectivity index (χ3v) is 2.17. The van der Waals surface area contributed by atoms with Gasteiger partial charge in [-0.3, -0.25) is 4.79 Å². The summed E-state index contributed by atoms with van der Waals surface area (Å²) in [5.41, 5.74) is 0. The van der Waals surface area contributed by atoms with Gasteiger partial charge in [0, 0.05) is 26.1 Å². The van der Waals surface area contributed by atoms with E-state index in [-0.39, 0.29) is 5.91 Å². The van der Waals surface area contributed by atoms with Crippen LogP contribution in [0.1, 0.15) is 25.7 Å². The van der Waals surface area contributed by atoms with E-state index in [9.17, 15) is 4.79 Å². The van der Waals surface area contributed by atoms with E-state index in [1.165, 1.54) is 19.3 Å². The zero-order valence-electron chi connectivity index (χ0n) is 7.02. The molecule has 0 unspecified atom stereocenters. The van der Waals surface area contributed by atoms with E-state index < -0.39 is 0 Å². The molecule has 2 N–H and O–H groups in total. The highest BCUT2D eigenvalue weighted by Gasteiger charge is 2.15. The van der Waals surface area contributed by atoms with Crippen LogP contribution in [0.2, 0.25) is 0 Å². The van der Waals surface area contributed by atoms with E-state index in [1.807, 2.05) is 0 Å². The van der Waals surface area contributed by atoms with Crippen molar-refractivity contribution < 1.29 is 4.79 Å². The van der Waals surface area contributed by atoms with Gasteiger partial charge in [0.05, 0.1) is 0 Å². The van der Waals surface area contributed by atoms with Gasteiger partial charge in [0.25, 0.3) is 0 Å². The quantitative estimate of drug-likeness (QED) is 0.613. The normalized spacial score (nSPS) is 17.5. The average Bonchev–Trinajstić information content (AvgIpc) is 1.94. The first kappa shape index (κ1) is 8.53. The highest BCUT2D eigenvalue weighted by molar-refractivity contribution is 5.75. The van der Waals surface area contributed by atoms with Crippen molar-refractivity contribution >= 4 is 5.91 Å². The first-order valence-corrected chi connectivity index (χ1v) is 4.27. The molecule has 64 valence electrons. The monoisotopic (exact) mass is 156 g/mol. The third kappa shape index (κ3) is 2.89. The highest BCUT2D eigenvalue weighted by Crippen LogP contribution is 2.17. The molecule has 0 aromatic rings. The molecular formula is C8H16N2O. The van der Waals surface area contributed by atoms with Gasteiger partial charge in [-0.1, -0.05) is 6.42 Å². The second-order valence-corrected chi connectivity index (χ2v) is 3.01. The second-order valence-electron chi connectivity index (χ2n) is 3.01. The molecule has 0 aromatic carbocycles. The summed E-state index contributed by atoms with van der Waals surface area (Å²) in [6.45, 7) is 0.824. The van der Waals surface area contributed by atoms with Gasteiger partial charge in [0.2, 0.25) is 5.91 Å². The molecule has 1 amide bonds. The molecule has 0 atom stereocenters. The minimum absolute atomic E-state index is 0.122. The number of nitrogens with one attached hydrogen (secondary N) is 2. The van der Waals surface area contributed by atoms with Crippen molar-refractivity contribution in [3.63, 3.8) is 0 Å².